The van der Waals surface area contributed by atoms with E-state index in [0.29, 0.717) is 18.2 Å². The first-order chi connectivity index (χ1) is 11.2. The Hall–Kier alpha value is -2.35. The smallest absolute Gasteiger partial charge is 0.387 e. The second-order valence-electron chi connectivity index (χ2n) is 6.15. The fourth-order valence-corrected chi connectivity index (χ4v) is 2.81. The van der Waals surface area contributed by atoms with E-state index in [1.165, 1.54) is 12.3 Å². The van der Waals surface area contributed by atoms with Gasteiger partial charge in [-0.2, -0.15) is 8.78 Å². The fraction of sp³-hybridized carbons (Fsp3) is 0.375. The Morgan fingerprint density at radius 3 is 2.75 bits per heavy atom. The van der Waals surface area contributed by atoms with E-state index >= 15 is 0 Å². The van der Waals surface area contributed by atoms with Crippen LogP contribution in [0.25, 0.3) is 10.9 Å². The number of benzene rings is 1. The number of aliphatic hydroxyl groups is 1. The van der Waals surface area contributed by atoms with Gasteiger partial charge in [-0.3, -0.25) is 9.78 Å². The third kappa shape index (κ3) is 3.43. The zero-order chi connectivity index (χ0) is 17.5. The second kappa shape index (κ2) is 5.94. The van der Waals surface area contributed by atoms with Crippen molar-refractivity contribution in [2.45, 2.75) is 38.0 Å². The van der Waals surface area contributed by atoms with E-state index in [9.17, 15) is 23.1 Å². The van der Waals surface area contributed by atoms with E-state index in [-0.39, 0.29) is 17.1 Å². The highest BCUT2D eigenvalue weighted by Gasteiger charge is 2.39. The van der Waals surface area contributed by atoms with E-state index in [1.807, 2.05) is 0 Å². The molecule has 1 aliphatic carbocycles. The quantitative estimate of drug-likeness (QED) is 0.898. The number of rotatable bonds is 4. The number of ether oxygens (including phenoxy) is 1. The van der Waals surface area contributed by atoms with Gasteiger partial charge in [-0.25, -0.2) is 4.39 Å². The standard InChI is InChI=1S/C16H15F3N2O3/c1-16(23)5-10(6-16)21-14(22)9-2-8-3-11(17)13(24-15(18)19)4-12(8)20-7-9/h2-4,7,10,15,23H,5-6H2,1H3,(H,21,22)/t10-,16+. The second-order valence-corrected chi connectivity index (χ2v) is 6.15. The summed E-state index contributed by atoms with van der Waals surface area (Å²) in [5.41, 5.74) is -0.310. The Bertz CT molecular complexity index is 787. The number of carbonyl (C=O) groups excluding carboxylic acids is 1. The first-order valence-corrected chi connectivity index (χ1v) is 7.31. The summed E-state index contributed by atoms with van der Waals surface area (Å²) in [6.45, 7) is -1.45. The van der Waals surface area contributed by atoms with Gasteiger partial charge in [0.15, 0.2) is 11.6 Å². The summed E-state index contributed by atoms with van der Waals surface area (Å²) in [5, 5.41) is 12.7. The number of alkyl halides is 2. The predicted molar refractivity (Wildman–Crippen MR) is 79.4 cm³/mol. The van der Waals surface area contributed by atoms with Crippen molar-refractivity contribution in [2.75, 3.05) is 0 Å². The van der Waals surface area contributed by atoms with Gasteiger partial charge in [0.2, 0.25) is 0 Å². The van der Waals surface area contributed by atoms with E-state index in [2.05, 4.69) is 15.0 Å². The molecular formula is C16H15F3N2O3. The predicted octanol–water partition coefficient (Wildman–Crippen LogP) is 2.62. The maximum atomic E-state index is 13.8. The molecule has 1 fully saturated rings. The van der Waals surface area contributed by atoms with Crippen LogP contribution in [-0.2, 0) is 0 Å². The molecule has 0 unspecified atom stereocenters. The minimum Gasteiger partial charge on any atom is -0.432 e. The first kappa shape index (κ1) is 16.5. The highest BCUT2D eigenvalue weighted by atomic mass is 19.3. The van der Waals surface area contributed by atoms with E-state index < -0.39 is 29.7 Å². The van der Waals surface area contributed by atoms with Crippen molar-refractivity contribution in [1.29, 1.82) is 0 Å². The van der Waals surface area contributed by atoms with Gasteiger partial charge in [0.05, 0.1) is 16.7 Å². The van der Waals surface area contributed by atoms with E-state index in [1.54, 1.807) is 6.92 Å². The number of hydrogen-bond acceptors (Lipinski definition) is 4. The summed E-state index contributed by atoms with van der Waals surface area (Å²) in [7, 11) is 0. The zero-order valence-electron chi connectivity index (χ0n) is 12.7. The molecule has 2 aromatic rings. The lowest BCUT2D eigenvalue weighted by Gasteiger charge is -2.41. The molecule has 0 saturated heterocycles. The maximum absolute atomic E-state index is 13.8. The van der Waals surface area contributed by atoms with Crippen LogP contribution < -0.4 is 10.1 Å². The zero-order valence-corrected chi connectivity index (χ0v) is 12.7. The molecule has 1 amide bonds. The number of carbonyl (C=O) groups is 1. The van der Waals surface area contributed by atoms with E-state index in [0.717, 1.165) is 12.1 Å². The first-order valence-electron chi connectivity index (χ1n) is 7.31. The highest BCUT2D eigenvalue weighted by molar-refractivity contribution is 5.97. The Morgan fingerprint density at radius 1 is 1.42 bits per heavy atom. The molecule has 1 aliphatic rings. The van der Waals surface area contributed by atoms with Crippen molar-refractivity contribution >= 4 is 16.8 Å². The van der Waals surface area contributed by atoms with Crippen molar-refractivity contribution < 1.29 is 27.8 Å². The van der Waals surface area contributed by atoms with Gasteiger partial charge < -0.3 is 15.2 Å². The molecule has 3 rings (SSSR count). The van der Waals surface area contributed by atoms with Gasteiger partial charge in [-0.1, -0.05) is 0 Å². The van der Waals surface area contributed by atoms with Gasteiger partial charge in [0.1, 0.15) is 0 Å². The molecule has 8 heteroatoms. The van der Waals surface area contributed by atoms with Crippen molar-refractivity contribution in [3.8, 4) is 5.75 Å². The fourth-order valence-electron chi connectivity index (χ4n) is 2.81. The molecule has 0 bridgehead atoms. The van der Waals surface area contributed by atoms with Crippen LogP contribution in [0, 0.1) is 5.82 Å². The van der Waals surface area contributed by atoms with Crippen LogP contribution >= 0.6 is 0 Å². The molecule has 128 valence electrons. The maximum Gasteiger partial charge on any atom is 0.387 e. The van der Waals surface area contributed by atoms with Crippen LogP contribution in [0.1, 0.15) is 30.1 Å². The number of amides is 1. The molecule has 1 heterocycles. The number of nitrogens with one attached hydrogen (secondary N) is 1. The topological polar surface area (TPSA) is 71.5 Å². The third-order valence-corrected chi connectivity index (χ3v) is 3.92. The molecule has 0 spiro atoms. The average molecular weight is 340 g/mol. The van der Waals surface area contributed by atoms with Crippen molar-refractivity contribution in [2.24, 2.45) is 0 Å². The average Bonchev–Trinajstić information content (AvgIpc) is 2.45. The van der Waals surface area contributed by atoms with Gasteiger partial charge in [-0.15, -0.1) is 0 Å². The number of hydrogen-bond donors (Lipinski definition) is 2. The molecule has 1 saturated carbocycles. The Labute approximate surface area is 135 Å². The van der Waals surface area contributed by atoms with Gasteiger partial charge >= 0.3 is 6.61 Å². The van der Waals surface area contributed by atoms with Gasteiger partial charge in [0, 0.05) is 23.7 Å². The van der Waals surface area contributed by atoms with Crippen LogP contribution in [0.15, 0.2) is 24.4 Å². The molecule has 0 atom stereocenters. The Balaban J connectivity index is 1.79. The van der Waals surface area contributed by atoms with Gasteiger partial charge in [-0.05, 0) is 31.9 Å². The normalized spacial score (nSPS) is 23.2. The summed E-state index contributed by atoms with van der Waals surface area (Å²) in [6, 6.07) is 3.35. The number of fused-ring (bicyclic) bond motifs is 1. The molecule has 5 nitrogen and oxygen atoms in total. The monoisotopic (exact) mass is 340 g/mol. The third-order valence-electron chi connectivity index (χ3n) is 3.92. The molecular weight excluding hydrogens is 325 g/mol. The van der Waals surface area contributed by atoms with Crippen LogP contribution in [0.3, 0.4) is 0 Å². The lowest BCUT2D eigenvalue weighted by molar-refractivity contribution is -0.0521. The molecule has 1 aromatic carbocycles. The largest absolute Gasteiger partial charge is 0.432 e. The number of nitrogens with zero attached hydrogens (tertiary/aromatic N) is 1. The minimum atomic E-state index is -3.14. The Morgan fingerprint density at radius 2 is 2.12 bits per heavy atom. The van der Waals surface area contributed by atoms with Crippen molar-refractivity contribution in [3.63, 3.8) is 0 Å². The summed E-state index contributed by atoms with van der Waals surface area (Å²) < 4.78 is 42.2. The van der Waals surface area contributed by atoms with Gasteiger partial charge in [0.25, 0.3) is 5.91 Å². The van der Waals surface area contributed by atoms with Crippen LogP contribution in [0.5, 0.6) is 5.75 Å². The van der Waals surface area contributed by atoms with Crippen LogP contribution in [-0.4, -0.2) is 34.3 Å². The molecule has 0 radical (unpaired) electrons. The van der Waals surface area contributed by atoms with E-state index in [4.69, 9.17) is 0 Å². The number of pyridine rings is 1. The molecule has 2 N–H and O–H groups in total. The lowest BCUT2D eigenvalue weighted by Crippen LogP contribution is -2.53. The highest BCUT2D eigenvalue weighted by Crippen LogP contribution is 2.31. The van der Waals surface area contributed by atoms with Crippen molar-refractivity contribution in [3.05, 3.63) is 35.8 Å². The van der Waals surface area contributed by atoms with Crippen molar-refractivity contribution in [1.82, 2.24) is 10.3 Å². The molecule has 0 aliphatic heterocycles. The number of halogens is 3. The summed E-state index contributed by atoms with van der Waals surface area (Å²) in [5.74, 6) is -1.95. The Kier molecular flexibility index (Phi) is 4.08. The summed E-state index contributed by atoms with van der Waals surface area (Å²) in [6.07, 6.45) is 2.20. The summed E-state index contributed by atoms with van der Waals surface area (Å²) in [4.78, 5) is 16.1. The van der Waals surface area contributed by atoms with Crippen LogP contribution in [0.4, 0.5) is 13.2 Å². The SMILES string of the molecule is C[C@]1(O)C[C@@H](NC(=O)c2cnc3cc(OC(F)F)c(F)cc3c2)C1. The van der Waals surface area contributed by atoms with Crippen LogP contribution in [0.2, 0.25) is 0 Å². The molecule has 24 heavy (non-hydrogen) atoms. The molecule has 1 aromatic heterocycles. The minimum absolute atomic E-state index is 0.123. The number of aromatic nitrogens is 1. The summed E-state index contributed by atoms with van der Waals surface area (Å²) >= 11 is 0. The lowest BCUT2D eigenvalue weighted by atomic mass is 9.77.